The number of fused-ring (bicyclic) bond motifs is 3. The number of carbonyl (C=O) groups excluding carboxylic acids is 2. The summed E-state index contributed by atoms with van der Waals surface area (Å²) in [5.74, 6) is -1.12. The lowest BCUT2D eigenvalue weighted by atomic mass is 9.92. The van der Waals surface area contributed by atoms with E-state index in [4.69, 9.17) is 0 Å². The number of amides is 2. The maximum absolute atomic E-state index is 13.8. The standard InChI is InChI=1S/C23H18FN3O2/c1-14-6-8-15(9-7-14)13-27-21(28)17-4-2-3-5-19(17)26-23(27)18-11-10-16(24)12-20(18)25-22(23)29/h2-12,26H,13H2,1H3,(H,25,29). The van der Waals surface area contributed by atoms with Crippen LogP contribution in [0.2, 0.25) is 0 Å². The molecule has 0 saturated heterocycles. The third-order valence-electron chi connectivity index (χ3n) is 5.53. The molecule has 0 aliphatic carbocycles. The molecule has 6 heteroatoms. The number of nitrogens with one attached hydrogen (secondary N) is 2. The molecule has 0 saturated carbocycles. The zero-order valence-electron chi connectivity index (χ0n) is 15.7. The number of para-hydroxylation sites is 1. The van der Waals surface area contributed by atoms with Gasteiger partial charge in [0.25, 0.3) is 11.8 Å². The van der Waals surface area contributed by atoms with Gasteiger partial charge >= 0.3 is 0 Å². The predicted molar refractivity (Wildman–Crippen MR) is 108 cm³/mol. The largest absolute Gasteiger partial charge is 0.350 e. The van der Waals surface area contributed by atoms with E-state index in [-0.39, 0.29) is 12.5 Å². The Morgan fingerprint density at radius 1 is 0.966 bits per heavy atom. The van der Waals surface area contributed by atoms with Gasteiger partial charge < -0.3 is 10.6 Å². The fraction of sp³-hybridized carbons (Fsp3) is 0.130. The molecular weight excluding hydrogens is 369 g/mol. The summed E-state index contributed by atoms with van der Waals surface area (Å²) in [4.78, 5) is 28.3. The van der Waals surface area contributed by atoms with Crippen LogP contribution in [0.15, 0.2) is 66.7 Å². The first-order valence-electron chi connectivity index (χ1n) is 9.35. The Morgan fingerprint density at radius 2 is 1.72 bits per heavy atom. The monoisotopic (exact) mass is 387 g/mol. The van der Waals surface area contributed by atoms with Gasteiger partial charge in [-0.25, -0.2) is 4.39 Å². The maximum Gasteiger partial charge on any atom is 0.276 e. The molecule has 2 heterocycles. The summed E-state index contributed by atoms with van der Waals surface area (Å²) >= 11 is 0. The summed E-state index contributed by atoms with van der Waals surface area (Å²) in [6.07, 6.45) is 0. The van der Waals surface area contributed by atoms with Gasteiger partial charge in [0.1, 0.15) is 5.82 Å². The molecule has 3 aromatic rings. The van der Waals surface area contributed by atoms with Crippen LogP contribution in [-0.2, 0) is 17.0 Å². The number of hydrogen-bond acceptors (Lipinski definition) is 3. The molecule has 29 heavy (non-hydrogen) atoms. The predicted octanol–water partition coefficient (Wildman–Crippen LogP) is 4.01. The summed E-state index contributed by atoms with van der Waals surface area (Å²) in [5.41, 5.74) is 2.52. The Hall–Kier alpha value is -3.67. The average molecular weight is 387 g/mol. The van der Waals surface area contributed by atoms with Crippen molar-refractivity contribution in [2.45, 2.75) is 19.1 Å². The van der Waals surface area contributed by atoms with Crippen LogP contribution in [0, 0.1) is 12.7 Å². The highest BCUT2D eigenvalue weighted by molar-refractivity contribution is 6.14. The van der Waals surface area contributed by atoms with Crippen LogP contribution in [-0.4, -0.2) is 16.7 Å². The molecule has 0 bridgehead atoms. The Morgan fingerprint density at radius 3 is 2.52 bits per heavy atom. The first-order chi connectivity index (χ1) is 14.0. The molecular formula is C23H18FN3O2. The lowest BCUT2D eigenvalue weighted by molar-refractivity contribution is -0.125. The van der Waals surface area contributed by atoms with Gasteiger partial charge in [0.15, 0.2) is 0 Å². The van der Waals surface area contributed by atoms with Crippen LogP contribution in [0.3, 0.4) is 0 Å². The molecule has 2 aliphatic heterocycles. The Kier molecular flexibility index (Phi) is 3.71. The fourth-order valence-electron chi connectivity index (χ4n) is 4.07. The lowest BCUT2D eigenvalue weighted by Gasteiger charge is -2.44. The van der Waals surface area contributed by atoms with E-state index in [1.807, 2.05) is 31.2 Å². The van der Waals surface area contributed by atoms with Gasteiger partial charge in [-0.1, -0.05) is 42.0 Å². The van der Waals surface area contributed by atoms with Gasteiger partial charge in [0, 0.05) is 17.8 Å². The van der Waals surface area contributed by atoms with E-state index in [9.17, 15) is 14.0 Å². The summed E-state index contributed by atoms with van der Waals surface area (Å²) in [5, 5.41) is 6.02. The molecule has 5 nitrogen and oxygen atoms in total. The maximum atomic E-state index is 13.8. The zero-order chi connectivity index (χ0) is 20.2. The Bertz CT molecular complexity index is 1160. The SMILES string of the molecule is Cc1ccc(CN2C(=O)c3ccccc3NC23C(=O)Nc2cc(F)ccc23)cc1. The number of hydrogen-bond donors (Lipinski definition) is 2. The Labute approximate surface area is 167 Å². The Balaban J connectivity index is 1.70. The molecule has 3 aromatic carbocycles. The number of halogens is 1. The third kappa shape index (κ3) is 2.52. The molecule has 0 radical (unpaired) electrons. The second-order valence-corrected chi connectivity index (χ2v) is 7.40. The summed E-state index contributed by atoms with van der Waals surface area (Å²) in [6, 6.07) is 19.1. The van der Waals surface area contributed by atoms with Crippen molar-refractivity contribution in [3.8, 4) is 0 Å². The second-order valence-electron chi connectivity index (χ2n) is 7.40. The highest BCUT2D eigenvalue weighted by atomic mass is 19.1. The highest BCUT2D eigenvalue weighted by Gasteiger charge is 2.56. The first-order valence-corrected chi connectivity index (χ1v) is 9.35. The number of rotatable bonds is 2. The normalized spacial score (nSPS) is 19.6. The van der Waals surface area contributed by atoms with Crippen LogP contribution in [0.25, 0.3) is 0 Å². The van der Waals surface area contributed by atoms with E-state index in [1.165, 1.54) is 17.0 Å². The number of nitrogens with zero attached hydrogens (tertiary/aromatic N) is 1. The van der Waals surface area contributed by atoms with E-state index in [2.05, 4.69) is 10.6 Å². The molecule has 1 spiro atoms. The van der Waals surface area contributed by atoms with Crippen LogP contribution < -0.4 is 10.6 Å². The zero-order valence-corrected chi connectivity index (χ0v) is 15.7. The molecule has 144 valence electrons. The van der Waals surface area contributed by atoms with Crippen molar-refractivity contribution < 1.29 is 14.0 Å². The summed E-state index contributed by atoms with van der Waals surface area (Å²) < 4.78 is 13.8. The van der Waals surface area contributed by atoms with Crippen molar-refractivity contribution in [1.82, 2.24) is 4.90 Å². The minimum absolute atomic E-state index is 0.227. The van der Waals surface area contributed by atoms with Gasteiger partial charge in [-0.2, -0.15) is 0 Å². The quantitative estimate of drug-likeness (QED) is 0.699. The molecule has 2 aliphatic rings. The van der Waals surface area contributed by atoms with E-state index in [0.29, 0.717) is 22.5 Å². The van der Waals surface area contributed by atoms with Gasteiger partial charge in [-0.15, -0.1) is 0 Å². The minimum atomic E-state index is -1.45. The topological polar surface area (TPSA) is 61.4 Å². The van der Waals surface area contributed by atoms with E-state index < -0.39 is 17.4 Å². The van der Waals surface area contributed by atoms with Crippen LogP contribution in [0.4, 0.5) is 15.8 Å². The van der Waals surface area contributed by atoms with Crippen LogP contribution in [0.5, 0.6) is 0 Å². The van der Waals surface area contributed by atoms with E-state index >= 15 is 0 Å². The minimum Gasteiger partial charge on any atom is -0.350 e. The molecule has 1 unspecified atom stereocenters. The van der Waals surface area contributed by atoms with Crippen molar-refractivity contribution in [3.05, 3.63) is 94.8 Å². The number of benzene rings is 3. The van der Waals surface area contributed by atoms with Crippen molar-refractivity contribution in [1.29, 1.82) is 0 Å². The van der Waals surface area contributed by atoms with Crippen molar-refractivity contribution in [2.75, 3.05) is 10.6 Å². The molecule has 2 N–H and O–H groups in total. The average Bonchev–Trinajstić information content (AvgIpc) is 2.97. The first kappa shape index (κ1) is 17.4. The van der Waals surface area contributed by atoms with Gasteiger partial charge in [0.2, 0.25) is 5.66 Å². The second kappa shape index (κ2) is 6.17. The van der Waals surface area contributed by atoms with Gasteiger partial charge in [0.05, 0.1) is 11.3 Å². The molecule has 2 amide bonds. The van der Waals surface area contributed by atoms with Crippen molar-refractivity contribution in [2.24, 2.45) is 0 Å². The van der Waals surface area contributed by atoms with Gasteiger partial charge in [-0.3, -0.25) is 14.5 Å². The van der Waals surface area contributed by atoms with E-state index in [0.717, 1.165) is 11.1 Å². The third-order valence-corrected chi connectivity index (χ3v) is 5.53. The van der Waals surface area contributed by atoms with Crippen LogP contribution >= 0.6 is 0 Å². The smallest absolute Gasteiger partial charge is 0.276 e. The number of anilines is 2. The van der Waals surface area contributed by atoms with Crippen molar-refractivity contribution in [3.63, 3.8) is 0 Å². The summed E-state index contributed by atoms with van der Waals surface area (Å²) in [7, 11) is 0. The number of aryl methyl sites for hydroxylation is 1. The summed E-state index contributed by atoms with van der Waals surface area (Å²) in [6.45, 7) is 2.22. The molecule has 0 fully saturated rings. The highest BCUT2D eigenvalue weighted by Crippen LogP contribution is 2.46. The number of carbonyl (C=O) groups is 2. The van der Waals surface area contributed by atoms with Crippen molar-refractivity contribution >= 4 is 23.2 Å². The molecule has 5 rings (SSSR count). The lowest BCUT2D eigenvalue weighted by Crippen LogP contribution is -2.60. The van der Waals surface area contributed by atoms with Gasteiger partial charge in [-0.05, 0) is 42.8 Å². The van der Waals surface area contributed by atoms with E-state index in [1.54, 1.807) is 30.3 Å². The molecule has 1 atom stereocenters. The molecule has 0 aromatic heterocycles. The van der Waals surface area contributed by atoms with Crippen LogP contribution in [0.1, 0.15) is 27.0 Å². The fourth-order valence-corrected chi connectivity index (χ4v) is 4.07.